The smallest absolute Gasteiger partial charge is 0.311 e. The number of fused-ring (bicyclic) bond motifs is 2. The predicted molar refractivity (Wildman–Crippen MR) is 69.4 cm³/mol. The van der Waals surface area contributed by atoms with Crippen LogP contribution in [0.4, 0.5) is 5.82 Å². The molecule has 3 N–H and O–H groups in total. The van der Waals surface area contributed by atoms with E-state index in [-0.39, 0.29) is 18.8 Å². The average molecular weight is 291 g/mol. The Hall–Kier alpha value is -2.26. The Kier molecular flexibility index (Phi) is 2.59. The zero-order valence-electron chi connectivity index (χ0n) is 10.9. The standard InChI is InChI=1S/C12H13N5O4/c13-10-7-11(15-3-14-10)17(4-16-7)6-2-21-8-5(12(18)19)1-20-9(6)8/h3-6,8-9H,1-2H2,(H,18,19)(H2,13,14,15). The molecule has 0 amide bonds. The first kappa shape index (κ1) is 12.5. The lowest BCUT2D eigenvalue weighted by molar-refractivity contribution is -0.144. The summed E-state index contributed by atoms with van der Waals surface area (Å²) >= 11 is 0. The number of carboxylic acid groups (broad SMARTS) is 1. The Labute approximate surface area is 118 Å². The normalized spacial score (nSPS) is 31.6. The van der Waals surface area contributed by atoms with E-state index in [9.17, 15) is 4.79 Å². The molecule has 0 bridgehead atoms. The van der Waals surface area contributed by atoms with E-state index in [0.29, 0.717) is 23.6 Å². The van der Waals surface area contributed by atoms with Crippen LogP contribution in [0.2, 0.25) is 0 Å². The van der Waals surface area contributed by atoms with Gasteiger partial charge in [0.05, 0.1) is 25.6 Å². The molecule has 4 atom stereocenters. The summed E-state index contributed by atoms with van der Waals surface area (Å²) in [4.78, 5) is 23.5. The van der Waals surface area contributed by atoms with Crippen molar-refractivity contribution in [1.82, 2.24) is 19.5 Å². The van der Waals surface area contributed by atoms with Gasteiger partial charge in [0.1, 0.15) is 30.0 Å². The van der Waals surface area contributed by atoms with Crippen molar-refractivity contribution in [2.45, 2.75) is 18.2 Å². The molecule has 2 aromatic heterocycles. The molecule has 0 aromatic carbocycles. The van der Waals surface area contributed by atoms with Gasteiger partial charge in [-0.1, -0.05) is 0 Å². The first-order valence-electron chi connectivity index (χ1n) is 6.56. The maximum Gasteiger partial charge on any atom is 0.311 e. The van der Waals surface area contributed by atoms with Crippen molar-refractivity contribution in [3.8, 4) is 0 Å². The molecule has 4 rings (SSSR count). The van der Waals surface area contributed by atoms with E-state index >= 15 is 0 Å². The summed E-state index contributed by atoms with van der Waals surface area (Å²) in [5.41, 5.74) is 6.89. The number of imidazole rings is 1. The second-order valence-electron chi connectivity index (χ2n) is 5.19. The first-order chi connectivity index (χ1) is 10.2. The highest BCUT2D eigenvalue weighted by atomic mass is 16.6. The minimum Gasteiger partial charge on any atom is -0.481 e. The molecular formula is C12H13N5O4. The number of carbonyl (C=O) groups is 1. The SMILES string of the molecule is Nc1ncnc2c1ncn2C1COC2C(C(=O)O)COC21. The van der Waals surface area contributed by atoms with Crippen molar-refractivity contribution < 1.29 is 19.4 Å². The fraction of sp³-hybridized carbons (Fsp3) is 0.500. The number of nitrogens with zero attached hydrogens (tertiary/aromatic N) is 4. The number of nitrogens with two attached hydrogens (primary N) is 1. The van der Waals surface area contributed by atoms with Crippen LogP contribution < -0.4 is 5.73 Å². The lowest BCUT2D eigenvalue weighted by atomic mass is 10.0. The summed E-state index contributed by atoms with van der Waals surface area (Å²) in [6.07, 6.45) is 2.23. The molecule has 2 aliphatic rings. The van der Waals surface area contributed by atoms with Gasteiger partial charge in [-0.05, 0) is 0 Å². The van der Waals surface area contributed by atoms with Crippen molar-refractivity contribution in [3.63, 3.8) is 0 Å². The van der Waals surface area contributed by atoms with Gasteiger partial charge in [-0.15, -0.1) is 0 Å². The summed E-state index contributed by atoms with van der Waals surface area (Å²) in [6, 6.07) is -0.168. The van der Waals surface area contributed by atoms with E-state index < -0.39 is 18.0 Å². The number of nitrogen functional groups attached to an aromatic ring is 1. The highest BCUT2D eigenvalue weighted by molar-refractivity contribution is 5.81. The van der Waals surface area contributed by atoms with Crippen molar-refractivity contribution in [2.75, 3.05) is 18.9 Å². The molecular weight excluding hydrogens is 278 g/mol. The van der Waals surface area contributed by atoms with Gasteiger partial charge in [0.25, 0.3) is 0 Å². The average Bonchev–Trinajstić information content (AvgIpc) is 3.11. The Morgan fingerprint density at radius 3 is 2.90 bits per heavy atom. The van der Waals surface area contributed by atoms with Crippen LogP contribution in [0.5, 0.6) is 0 Å². The lowest BCUT2D eigenvalue weighted by Gasteiger charge is -2.17. The molecule has 0 radical (unpaired) electrons. The number of anilines is 1. The predicted octanol–water partition coefficient (Wildman–Crippen LogP) is -0.552. The van der Waals surface area contributed by atoms with E-state index in [1.165, 1.54) is 6.33 Å². The second-order valence-corrected chi connectivity index (χ2v) is 5.19. The van der Waals surface area contributed by atoms with E-state index in [4.69, 9.17) is 20.3 Å². The number of aliphatic carboxylic acids is 1. The fourth-order valence-electron chi connectivity index (χ4n) is 3.04. The maximum absolute atomic E-state index is 11.2. The summed E-state index contributed by atoms with van der Waals surface area (Å²) in [5.74, 6) is -1.22. The van der Waals surface area contributed by atoms with E-state index in [1.54, 1.807) is 6.33 Å². The van der Waals surface area contributed by atoms with Gasteiger partial charge in [-0.25, -0.2) is 15.0 Å². The second kappa shape index (κ2) is 4.37. The molecule has 2 aromatic rings. The van der Waals surface area contributed by atoms with Gasteiger partial charge in [0, 0.05) is 0 Å². The minimum atomic E-state index is -0.898. The van der Waals surface area contributed by atoms with E-state index in [1.807, 2.05) is 4.57 Å². The third kappa shape index (κ3) is 1.71. The molecule has 2 fully saturated rings. The van der Waals surface area contributed by atoms with Crippen molar-refractivity contribution in [1.29, 1.82) is 0 Å². The van der Waals surface area contributed by atoms with Crippen LogP contribution in [0, 0.1) is 5.92 Å². The van der Waals surface area contributed by atoms with Crippen LogP contribution in [0.1, 0.15) is 6.04 Å². The number of aromatic nitrogens is 4. The maximum atomic E-state index is 11.2. The molecule has 9 heteroatoms. The fourth-order valence-corrected chi connectivity index (χ4v) is 3.04. The summed E-state index contributed by atoms with van der Waals surface area (Å²) in [7, 11) is 0. The van der Waals surface area contributed by atoms with Crippen LogP contribution in [0.25, 0.3) is 11.2 Å². The van der Waals surface area contributed by atoms with E-state index in [2.05, 4.69) is 15.0 Å². The van der Waals surface area contributed by atoms with Crippen molar-refractivity contribution >= 4 is 23.0 Å². The Balaban J connectivity index is 1.71. The number of carboxylic acids is 1. The molecule has 9 nitrogen and oxygen atoms in total. The lowest BCUT2D eigenvalue weighted by Crippen LogP contribution is -2.31. The minimum absolute atomic E-state index is 0.158. The number of hydrogen-bond acceptors (Lipinski definition) is 7. The van der Waals surface area contributed by atoms with Crippen molar-refractivity contribution in [2.24, 2.45) is 5.92 Å². The highest BCUT2D eigenvalue weighted by Crippen LogP contribution is 2.38. The van der Waals surface area contributed by atoms with Gasteiger partial charge in [-0.3, -0.25) is 4.79 Å². The third-order valence-electron chi connectivity index (χ3n) is 4.09. The zero-order valence-corrected chi connectivity index (χ0v) is 10.9. The van der Waals surface area contributed by atoms with Crippen LogP contribution in [-0.4, -0.2) is 56.0 Å². The van der Waals surface area contributed by atoms with Crippen LogP contribution in [-0.2, 0) is 14.3 Å². The molecule has 2 aliphatic heterocycles. The number of ether oxygens (including phenoxy) is 2. The Morgan fingerprint density at radius 2 is 2.10 bits per heavy atom. The van der Waals surface area contributed by atoms with Gasteiger partial charge >= 0.3 is 5.97 Å². The first-order valence-corrected chi connectivity index (χ1v) is 6.56. The molecule has 0 spiro atoms. The van der Waals surface area contributed by atoms with Crippen LogP contribution >= 0.6 is 0 Å². The summed E-state index contributed by atoms with van der Waals surface area (Å²) in [5, 5.41) is 9.17. The molecule has 110 valence electrons. The van der Waals surface area contributed by atoms with Gasteiger partial charge < -0.3 is 24.9 Å². The van der Waals surface area contributed by atoms with Gasteiger partial charge in [-0.2, -0.15) is 0 Å². The summed E-state index contributed by atoms with van der Waals surface area (Å²) in [6.45, 7) is 0.513. The Morgan fingerprint density at radius 1 is 1.29 bits per heavy atom. The van der Waals surface area contributed by atoms with Crippen molar-refractivity contribution in [3.05, 3.63) is 12.7 Å². The third-order valence-corrected chi connectivity index (χ3v) is 4.09. The molecule has 4 unspecified atom stereocenters. The van der Waals surface area contributed by atoms with Gasteiger partial charge in [0.2, 0.25) is 0 Å². The molecule has 4 heterocycles. The number of hydrogen-bond donors (Lipinski definition) is 2. The molecule has 2 saturated heterocycles. The quantitative estimate of drug-likeness (QED) is 0.754. The molecule has 21 heavy (non-hydrogen) atoms. The topological polar surface area (TPSA) is 125 Å². The number of rotatable bonds is 2. The zero-order chi connectivity index (χ0) is 14.6. The summed E-state index contributed by atoms with van der Waals surface area (Å²) < 4.78 is 13.1. The van der Waals surface area contributed by atoms with E-state index in [0.717, 1.165) is 0 Å². The molecule has 0 aliphatic carbocycles. The molecule has 0 saturated carbocycles. The van der Waals surface area contributed by atoms with Gasteiger partial charge in [0.15, 0.2) is 11.5 Å². The Bertz CT molecular complexity index is 717. The van der Waals surface area contributed by atoms with Crippen LogP contribution in [0.3, 0.4) is 0 Å². The van der Waals surface area contributed by atoms with Crippen LogP contribution in [0.15, 0.2) is 12.7 Å². The highest BCUT2D eigenvalue weighted by Gasteiger charge is 2.51. The largest absolute Gasteiger partial charge is 0.481 e. The monoisotopic (exact) mass is 291 g/mol.